The molecule has 0 spiro atoms. The summed E-state index contributed by atoms with van der Waals surface area (Å²) in [5.41, 5.74) is 1.86. The summed E-state index contributed by atoms with van der Waals surface area (Å²) in [5, 5.41) is 13.0. The minimum Gasteiger partial charge on any atom is -0.478 e. The normalized spacial score (nSPS) is 23.5. The Hall–Kier alpha value is -1.39. The topological polar surface area (TPSA) is 52.6 Å². The molecule has 1 aliphatic heterocycles. The molecule has 2 saturated carbocycles. The predicted octanol–water partition coefficient (Wildman–Crippen LogP) is 3.17. The number of likely N-dealkylation sites (tertiary alicyclic amines) is 1. The quantitative estimate of drug-likeness (QED) is 0.762. The van der Waals surface area contributed by atoms with Gasteiger partial charge in [0.2, 0.25) is 0 Å². The molecule has 1 aromatic carbocycles. The van der Waals surface area contributed by atoms with E-state index in [9.17, 15) is 9.90 Å². The number of nitrogens with one attached hydrogen (secondary N) is 1. The molecule has 0 amide bonds. The molecule has 1 heterocycles. The van der Waals surface area contributed by atoms with Gasteiger partial charge in [0.05, 0.1) is 5.56 Å². The Kier molecular flexibility index (Phi) is 4.83. The lowest BCUT2D eigenvalue weighted by atomic mass is 9.73. The summed E-state index contributed by atoms with van der Waals surface area (Å²) >= 11 is 0. The lowest BCUT2D eigenvalue weighted by Gasteiger charge is -2.42. The van der Waals surface area contributed by atoms with E-state index >= 15 is 0 Å². The standard InChI is InChI=1S/C21H30N2O2/c24-20(25)18-3-1-2-17(12-18)13-21(15-22-19-6-7-19)8-10-23(11-9-21)14-16-4-5-16/h1-3,12,16,19,22H,4-11,13-15H2,(H,24,25). The molecule has 4 heteroatoms. The van der Waals surface area contributed by atoms with Gasteiger partial charge in [0.25, 0.3) is 0 Å². The van der Waals surface area contributed by atoms with E-state index in [1.54, 1.807) is 6.07 Å². The number of hydrogen-bond donors (Lipinski definition) is 2. The summed E-state index contributed by atoms with van der Waals surface area (Å²) in [4.78, 5) is 13.9. The van der Waals surface area contributed by atoms with Crippen molar-refractivity contribution in [3.8, 4) is 0 Å². The van der Waals surface area contributed by atoms with Crippen LogP contribution in [0.15, 0.2) is 24.3 Å². The zero-order valence-electron chi connectivity index (χ0n) is 15.0. The molecule has 0 radical (unpaired) electrons. The molecule has 0 atom stereocenters. The molecule has 1 saturated heterocycles. The zero-order chi connectivity index (χ0) is 17.3. The number of rotatable bonds is 8. The molecule has 3 aliphatic rings. The van der Waals surface area contributed by atoms with Gasteiger partial charge in [0.15, 0.2) is 0 Å². The van der Waals surface area contributed by atoms with E-state index in [0.29, 0.717) is 5.56 Å². The van der Waals surface area contributed by atoms with Crippen LogP contribution in [0, 0.1) is 11.3 Å². The Bertz CT molecular complexity index is 614. The summed E-state index contributed by atoms with van der Waals surface area (Å²) in [6.07, 6.45) is 8.91. The van der Waals surface area contributed by atoms with Crippen LogP contribution in [-0.4, -0.2) is 48.2 Å². The summed E-state index contributed by atoms with van der Waals surface area (Å²) in [6.45, 7) is 4.76. The van der Waals surface area contributed by atoms with Gasteiger partial charge in [-0.3, -0.25) is 0 Å². The van der Waals surface area contributed by atoms with Crippen molar-refractivity contribution in [2.24, 2.45) is 11.3 Å². The first kappa shape index (κ1) is 17.0. The minimum atomic E-state index is -0.828. The fourth-order valence-electron chi connectivity index (χ4n) is 4.19. The summed E-state index contributed by atoms with van der Waals surface area (Å²) in [6, 6.07) is 8.29. The van der Waals surface area contributed by atoms with E-state index in [0.717, 1.165) is 24.9 Å². The van der Waals surface area contributed by atoms with E-state index < -0.39 is 5.97 Å². The van der Waals surface area contributed by atoms with Crippen molar-refractivity contribution in [3.63, 3.8) is 0 Å². The highest BCUT2D eigenvalue weighted by Gasteiger charge is 2.37. The predicted molar refractivity (Wildman–Crippen MR) is 99.0 cm³/mol. The smallest absolute Gasteiger partial charge is 0.335 e. The molecule has 2 N–H and O–H groups in total. The number of carboxylic acid groups (broad SMARTS) is 1. The number of aromatic carboxylic acids is 1. The second-order valence-corrected chi connectivity index (χ2v) is 8.58. The van der Waals surface area contributed by atoms with Crippen LogP contribution in [0.1, 0.15) is 54.4 Å². The van der Waals surface area contributed by atoms with Gasteiger partial charge >= 0.3 is 5.97 Å². The van der Waals surface area contributed by atoms with Crippen LogP contribution in [0.5, 0.6) is 0 Å². The Labute approximate surface area is 150 Å². The Morgan fingerprint density at radius 3 is 2.60 bits per heavy atom. The average molecular weight is 342 g/mol. The van der Waals surface area contributed by atoms with E-state index in [2.05, 4.69) is 16.3 Å². The van der Waals surface area contributed by atoms with Crippen molar-refractivity contribution in [2.45, 2.75) is 51.0 Å². The average Bonchev–Trinajstić information content (AvgIpc) is 3.51. The van der Waals surface area contributed by atoms with E-state index in [4.69, 9.17) is 0 Å². The van der Waals surface area contributed by atoms with Crippen molar-refractivity contribution in [1.29, 1.82) is 0 Å². The monoisotopic (exact) mass is 342 g/mol. The first-order valence-corrected chi connectivity index (χ1v) is 9.90. The van der Waals surface area contributed by atoms with Crippen LogP contribution in [0.25, 0.3) is 0 Å². The third-order valence-corrected chi connectivity index (χ3v) is 6.23. The summed E-state index contributed by atoms with van der Waals surface area (Å²) in [5.74, 6) is 0.135. The Morgan fingerprint density at radius 1 is 1.20 bits per heavy atom. The van der Waals surface area contributed by atoms with Crippen LogP contribution in [-0.2, 0) is 6.42 Å². The van der Waals surface area contributed by atoms with Crippen LogP contribution in [0.3, 0.4) is 0 Å². The van der Waals surface area contributed by atoms with Crippen LogP contribution in [0.4, 0.5) is 0 Å². The highest BCUT2D eigenvalue weighted by molar-refractivity contribution is 5.87. The molecule has 3 fully saturated rings. The highest BCUT2D eigenvalue weighted by atomic mass is 16.4. The Balaban J connectivity index is 1.43. The maximum Gasteiger partial charge on any atom is 0.335 e. The lowest BCUT2D eigenvalue weighted by Crippen LogP contribution is -2.47. The van der Waals surface area contributed by atoms with E-state index in [-0.39, 0.29) is 5.41 Å². The maximum atomic E-state index is 11.3. The van der Waals surface area contributed by atoms with Crippen LogP contribution >= 0.6 is 0 Å². The second kappa shape index (κ2) is 7.08. The van der Waals surface area contributed by atoms with Gasteiger partial charge < -0.3 is 15.3 Å². The number of nitrogens with zero attached hydrogens (tertiary/aromatic N) is 1. The fraction of sp³-hybridized carbons (Fsp3) is 0.667. The molecule has 136 valence electrons. The van der Waals surface area contributed by atoms with Crippen molar-refractivity contribution >= 4 is 5.97 Å². The molecule has 4 rings (SSSR count). The SMILES string of the molecule is O=C(O)c1cccc(CC2(CNC3CC3)CCN(CC3CC3)CC2)c1. The van der Waals surface area contributed by atoms with Crippen molar-refractivity contribution in [1.82, 2.24) is 10.2 Å². The molecule has 1 aromatic rings. The summed E-state index contributed by atoms with van der Waals surface area (Å²) in [7, 11) is 0. The largest absolute Gasteiger partial charge is 0.478 e. The van der Waals surface area contributed by atoms with Gasteiger partial charge in [-0.25, -0.2) is 4.79 Å². The van der Waals surface area contributed by atoms with Gasteiger partial charge in [-0.15, -0.1) is 0 Å². The molecule has 25 heavy (non-hydrogen) atoms. The zero-order valence-corrected chi connectivity index (χ0v) is 15.0. The third-order valence-electron chi connectivity index (χ3n) is 6.23. The van der Waals surface area contributed by atoms with E-state index in [1.807, 2.05) is 12.1 Å². The van der Waals surface area contributed by atoms with Crippen LogP contribution in [0.2, 0.25) is 0 Å². The number of hydrogen-bond acceptors (Lipinski definition) is 3. The third kappa shape index (κ3) is 4.62. The first-order chi connectivity index (χ1) is 12.1. The highest BCUT2D eigenvalue weighted by Crippen LogP contribution is 2.38. The number of carbonyl (C=O) groups is 1. The molecule has 0 aromatic heterocycles. The van der Waals surface area contributed by atoms with E-state index in [1.165, 1.54) is 63.7 Å². The van der Waals surface area contributed by atoms with Gasteiger partial charge in [-0.1, -0.05) is 12.1 Å². The van der Waals surface area contributed by atoms with Gasteiger partial charge in [-0.05, 0) is 87.1 Å². The fourth-order valence-corrected chi connectivity index (χ4v) is 4.19. The van der Waals surface area contributed by atoms with Gasteiger partial charge in [0.1, 0.15) is 0 Å². The van der Waals surface area contributed by atoms with Crippen molar-refractivity contribution in [2.75, 3.05) is 26.2 Å². The molecule has 0 bridgehead atoms. The summed E-state index contributed by atoms with van der Waals surface area (Å²) < 4.78 is 0. The van der Waals surface area contributed by atoms with Gasteiger partial charge in [-0.2, -0.15) is 0 Å². The Morgan fingerprint density at radius 2 is 1.96 bits per heavy atom. The molecule has 0 unspecified atom stereocenters. The minimum absolute atomic E-state index is 0.278. The first-order valence-electron chi connectivity index (χ1n) is 9.90. The van der Waals surface area contributed by atoms with Crippen molar-refractivity contribution in [3.05, 3.63) is 35.4 Å². The number of piperidine rings is 1. The number of benzene rings is 1. The second-order valence-electron chi connectivity index (χ2n) is 8.58. The lowest BCUT2D eigenvalue weighted by molar-refractivity contribution is 0.0696. The van der Waals surface area contributed by atoms with Crippen molar-refractivity contribution < 1.29 is 9.90 Å². The van der Waals surface area contributed by atoms with Crippen LogP contribution < -0.4 is 5.32 Å². The molecule has 4 nitrogen and oxygen atoms in total. The molecular formula is C21H30N2O2. The maximum absolute atomic E-state index is 11.3. The molecular weight excluding hydrogens is 312 g/mol. The number of carboxylic acids is 1. The molecule has 2 aliphatic carbocycles. The van der Waals surface area contributed by atoms with Gasteiger partial charge in [0, 0.05) is 19.1 Å².